The molecular formula is C16H26N2O5. The lowest BCUT2D eigenvalue weighted by molar-refractivity contribution is -0.0168. The van der Waals surface area contributed by atoms with Gasteiger partial charge in [-0.15, -0.1) is 0 Å². The molecule has 0 aliphatic carbocycles. The van der Waals surface area contributed by atoms with Crippen molar-refractivity contribution in [2.45, 2.75) is 26.4 Å². The zero-order valence-electron chi connectivity index (χ0n) is 14.0. The summed E-state index contributed by atoms with van der Waals surface area (Å²) in [6.07, 6.45) is 1.46. The molecule has 1 heterocycles. The number of nitrogens with zero attached hydrogens (tertiary/aromatic N) is 1. The number of pyridine rings is 1. The van der Waals surface area contributed by atoms with Crippen molar-refractivity contribution in [3.05, 3.63) is 23.9 Å². The summed E-state index contributed by atoms with van der Waals surface area (Å²) in [7, 11) is 0. The lowest BCUT2D eigenvalue weighted by Gasteiger charge is -2.19. The molecular weight excluding hydrogens is 300 g/mol. The third kappa shape index (κ3) is 9.12. The van der Waals surface area contributed by atoms with Crippen LogP contribution in [0.3, 0.4) is 0 Å². The smallest absolute Gasteiger partial charge is 0.252 e. The molecule has 0 radical (unpaired) electrons. The molecule has 7 nitrogen and oxygen atoms in total. The molecule has 1 amide bonds. The van der Waals surface area contributed by atoms with E-state index in [2.05, 4.69) is 10.3 Å². The number of hydrogen-bond donors (Lipinski definition) is 2. The Bertz CT molecular complexity index is 457. The summed E-state index contributed by atoms with van der Waals surface area (Å²) in [5, 5.41) is 11.3. The largest absolute Gasteiger partial charge is 0.475 e. The van der Waals surface area contributed by atoms with Crippen molar-refractivity contribution in [1.29, 1.82) is 0 Å². The molecule has 130 valence electrons. The molecule has 0 fully saturated rings. The monoisotopic (exact) mass is 326 g/mol. The second-order valence-corrected chi connectivity index (χ2v) is 5.79. The zero-order chi connectivity index (χ0) is 17.1. The molecule has 0 saturated carbocycles. The molecule has 0 aliphatic rings. The van der Waals surface area contributed by atoms with Crippen molar-refractivity contribution in [2.75, 3.05) is 39.6 Å². The molecule has 0 bridgehead atoms. The van der Waals surface area contributed by atoms with E-state index in [0.717, 1.165) is 0 Å². The van der Waals surface area contributed by atoms with Crippen LogP contribution in [0.15, 0.2) is 18.3 Å². The van der Waals surface area contributed by atoms with E-state index in [0.29, 0.717) is 37.8 Å². The van der Waals surface area contributed by atoms with Crippen LogP contribution in [0.4, 0.5) is 0 Å². The van der Waals surface area contributed by atoms with Crippen molar-refractivity contribution in [2.24, 2.45) is 0 Å². The van der Waals surface area contributed by atoms with Crippen molar-refractivity contribution < 1.29 is 24.1 Å². The highest BCUT2D eigenvalue weighted by Gasteiger charge is 2.10. The molecule has 0 spiro atoms. The fourth-order valence-corrected chi connectivity index (χ4v) is 1.60. The number of amides is 1. The highest BCUT2D eigenvalue weighted by Crippen LogP contribution is 2.09. The number of carbonyl (C=O) groups is 1. The maximum atomic E-state index is 11.8. The van der Waals surface area contributed by atoms with E-state index in [4.69, 9.17) is 19.3 Å². The van der Waals surface area contributed by atoms with E-state index in [9.17, 15) is 4.79 Å². The van der Waals surface area contributed by atoms with Crippen molar-refractivity contribution in [1.82, 2.24) is 10.3 Å². The number of aromatic nitrogens is 1. The van der Waals surface area contributed by atoms with Crippen molar-refractivity contribution in [3.63, 3.8) is 0 Å². The first kappa shape index (κ1) is 19.3. The van der Waals surface area contributed by atoms with E-state index in [1.54, 1.807) is 12.1 Å². The first-order valence-corrected chi connectivity index (χ1v) is 7.62. The van der Waals surface area contributed by atoms with Gasteiger partial charge in [-0.3, -0.25) is 4.79 Å². The number of aliphatic hydroxyl groups excluding tert-OH is 1. The maximum absolute atomic E-state index is 11.8. The predicted octanol–water partition coefficient (Wildman–Crippen LogP) is 1.01. The van der Waals surface area contributed by atoms with Crippen LogP contribution in [0.1, 0.15) is 31.1 Å². The van der Waals surface area contributed by atoms with Crippen molar-refractivity contribution >= 4 is 5.91 Å². The molecule has 1 aromatic rings. The van der Waals surface area contributed by atoms with Gasteiger partial charge in [0.2, 0.25) is 5.88 Å². The van der Waals surface area contributed by atoms with E-state index in [1.807, 2.05) is 20.8 Å². The maximum Gasteiger partial charge on any atom is 0.252 e. The van der Waals surface area contributed by atoms with Gasteiger partial charge in [0.1, 0.15) is 6.61 Å². The average Bonchev–Trinajstić information content (AvgIpc) is 2.51. The van der Waals surface area contributed by atoms with Crippen LogP contribution in [0, 0.1) is 0 Å². The number of aliphatic hydroxyl groups is 1. The topological polar surface area (TPSA) is 89.9 Å². The highest BCUT2D eigenvalue weighted by atomic mass is 16.5. The number of carbonyl (C=O) groups excluding carboxylic acids is 1. The van der Waals surface area contributed by atoms with Gasteiger partial charge in [0.05, 0.1) is 37.6 Å². The Kier molecular flexibility index (Phi) is 8.53. The summed E-state index contributed by atoms with van der Waals surface area (Å²) in [5.41, 5.74) is 0.255. The predicted molar refractivity (Wildman–Crippen MR) is 85.7 cm³/mol. The number of nitrogens with one attached hydrogen (secondary N) is 1. The van der Waals surface area contributed by atoms with Gasteiger partial charge in [-0.25, -0.2) is 4.98 Å². The molecule has 0 atom stereocenters. The molecule has 1 aromatic heterocycles. The number of ether oxygens (including phenoxy) is 3. The summed E-state index contributed by atoms with van der Waals surface area (Å²) in [4.78, 5) is 15.9. The van der Waals surface area contributed by atoms with Crippen LogP contribution >= 0.6 is 0 Å². The van der Waals surface area contributed by atoms with E-state index in [-0.39, 0.29) is 24.7 Å². The summed E-state index contributed by atoms with van der Waals surface area (Å²) < 4.78 is 16.0. The van der Waals surface area contributed by atoms with Gasteiger partial charge in [0, 0.05) is 18.8 Å². The average molecular weight is 326 g/mol. The van der Waals surface area contributed by atoms with E-state index < -0.39 is 0 Å². The molecule has 2 N–H and O–H groups in total. The van der Waals surface area contributed by atoms with Gasteiger partial charge >= 0.3 is 0 Å². The van der Waals surface area contributed by atoms with Crippen LogP contribution in [0.2, 0.25) is 0 Å². The van der Waals surface area contributed by atoms with Gasteiger partial charge in [0.15, 0.2) is 0 Å². The normalized spacial score (nSPS) is 11.3. The van der Waals surface area contributed by atoms with Gasteiger partial charge < -0.3 is 24.6 Å². The van der Waals surface area contributed by atoms with Crippen LogP contribution < -0.4 is 10.1 Å². The van der Waals surface area contributed by atoms with Crippen LogP contribution in [0.5, 0.6) is 5.88 Å². The molecule has 23 heavy (non-hydrogen) atoms. The van der Waals surface area contributed by atoms with Gasteiger partial charge in [0.25, 0.3) is 5.91 Å². The van der Waals surface area contributed by atoms with Crippen LogP contribution in [-0.2, 0) is 9.47 Å². The first-order valence-electron chi connectivity index (χ1n) is 7.62. The summed E-state index contributed by atoms with van der Waals surface area (Å²) >= 11 is 0. The molecule has 0 aromatic carbocycles. The van der Waals surface area contributed by atoms with Crippen LogP contribution in [0.25, 0.3) is 0 Å². The molecule has 0 aliphatic heterocycles. The summed E-state index contributed by atoms with van der Waals surface area (Å²) in [6, 6.07) is 3.30. The van der Waals surface area contributed by atoms with E-state index >= 15 is 0 Å². The Balaban J connectivity index is 2.28. The minimum Gasteiger partial charge on any atom is -0.475 e. The first-order chi connectivity index (χ1) is 10.9. The Morgan fingerprint density at radius 3 is 2.61 bits per heavy atom. The third-order valence-corrected chi connectivity index (χ3v) is 2.63. The second-order valence-electron chi connectivity index (χ2n) is 5.79. The lowest BCUT2D eigenvalue weighted by atomic mass is 10.2. The Hall–Kier alpha value is -1.70. The number of rotatable bonds is 10. The molecule has 0 saturated heterocycles. The standard InChI is InChI=1S/C16H26N2O5/c1-16(2,3)23-11-10-22-14-5-4-13(12-18-14)15(20)17-6-8-21-9-7-19/h4-5,12,19H,6-11H2,1-3H3,(H,17,20). The minimum absolute atomic E-state index is 0.0277. The zero-order valence-corrected chi connectivity index (χ0v) is 14.0. The lowest BCUT2D eigenvalue weighted by Crippen LogP contribution is -2.27. The fraction of sp³-hybridized carbons (Fsp3) is 0.625. The highest BCUT2D eigenvalue weighted by molar-refractivity contribution is 5.93. The molecule has 0 unspecified atom stereocenters. The van der Waals surface area contributed by atoms with E-state index in [1.165, 1.54) is 6.20 Å². The molecule has 1 rings (SSSR count). The van der Waals surface area contributed by atoms with Gasteiger partial charge in [-0.05, 0) is 26.8 Å². The van der Waals surface area contributed by atoms with Crippen molar-refractivity contribution in [3.8, 4) is 5.88 Å². The minimum atomic E-state index is -0.229. The van der Waals surface area contributed by atoms with Gasteiger partial charge in [-0.1, -0.05) is 0 Å². The second kappa shape index (κ2) is 10.1. The van der Waals surface area contributed by atoms with Crippen LogP contribution in [-0.4, -0.2) is 61.2 Å². The van der Waals surface area contributed by atoms with Gasteiger partial charge in [-0.2, -0.15) is 0 Å². The number of hydrogen-bond acceptors (Lipinski definition) is 6. The Morgan fingerprint density at radius 2 is 2.00 bits per heavy atom. The summed E-state index contributed by atoms with van der Waals surface area (Å²) in [5.74, 6) is 0.220. The SMILES string of the molecule is CC(C)(C)OCCOc1ccc(C(=O)NCCOCCO)cn1. The Labute approximate surface area is 137 Å². The quantitative estimate of drug-likeness (QED) is 0.624. The third-order valence-electron chi connectivity index (χ3n) is 2.63. The summed E-state index contributed by atoms with van der Waals surface area (Å²) in [6.45, 7) is 7.78. The fourth-order valence-electron chi connectivity index (χ4n) is 1.60. The Morgan fingerprint density at radius 1 is 1.22 bits per heavy atom. The molecule has 7 heteroatoms.